The third kappa shape index (κ3) is 2.63. The summed E-state index contributed by atoms with van der Waals surface area (Å²) in [5.74, 6) is 0.432. The Hall–Kier alpha value is -1.49. The highest BCUT2D eigenvalue weighted by atomic mass is 35.5. The summed E-state index contributed by atoms with van der Waals surface area (Å²) in [6, 6.07) is 2.49. The molecule has 5 nitrogen and oxygen atoms in total. The number of anilines is 1. The first kappa shape index (κ1) is 8.61. The number of rotatable bonds is 2. The van der Waals surface area contributed by atoms with Crippen molar-refractivity contribution in [2.75, 3.05) is 5.43 Å². The molecular formula is C6H7ClN4O. The molecule has 1 heterocycles. The van der Waals surface area contributed by atoms with Crippen LogP contribution >= 0.6 is 11.6 Å². The first-order chi connectivity index (χ1) is 5.68. The lowest BCUT2D eigenvalue weighted by molar-refractivity contribution is 0.250. The van der Waals surface area contributed by atoms with Gasteiger partial charge in [0.1, 0.15) is 5.82 Å². The van der Waals surface area contributed by atoms with Crippen molar-refractivity contribution < 1.29 is 4.79 Å². The van der Waals surface area contributed by atoms with Crippen LogP contribution < -0.4 is 16.6 Å². The van der Waals surface area contributed by atoms with Crippen LogP contribution in [-0.2, 0) is 0 Å². The number of aromatic nitrogens is 1. The molecule has 64 valence electrons. The molecule has 0 aliphatic carbocycles. The lowest BCUT2D eigenvalue weighted by Gasteiger charge is -2.03. The van der Waals surface area contributed by atoms with Gasteiger partial charge in [-0.1, -0.05) is 11.6 Å². The number of pyridine rings is 1. The Morgan fingerprint density at radius 1 is 1.67 bits per heavy atom. The van der Waals surface area contributed by atoms with Gasteiger partial charge in [0, 0.05) is 17.3 Å². The highest BCUT2D eigenvalue weighted by Gasteiger charge is 1.94. The predicted octanol–water partition coefficient (Wildman–Crippen LogP) is 0.730. The molecule has 2 amide bonds. The highest BCUT2D eigenvalue weighted by molar-refractivity contribution is 6.30. The minimum atomic E-state index is -0.684. The van der Waals surface area contributed by atoms with E-state index in [1.54, 1.807) is 12.1 Å². The van der Waals surface area contributed by atoms with Crippen molar-refractivity contribution >= 4 is 23.4 Å². The zero-order chi connectivity index (χ0) is 8.97. The Bertz CT molecular complexity index is 291. The van der Waals surface area contributed by atoms with Crippen molar-refractivity contribution in [1.82, 2.24) is 10.4 Å². The van der Waals surface area contributed by atoms with E-state index < -0.39 is 6.03 Å². The fourth-order valence-electron chi connectivity index (χ4n) is 0.599. The average Bonchev–Trinajstić information content (AvgIpc) is 2.01. The Morgan fingerprint density at radius 2 is 2.42 bits per heavy atom. The summed E-state index contributed by atoms with van der Waals surface area (Å²) in [5.41, 5.74) is 9.43. The number of nitrogens with two attached hydrogens (primary N) is 1. The fourth-order valence-corrected chi connectivity index (χ4v) is 0.758. The van der Waals surface area contributed by atoms with Gasteiger partial charge in [0.15, 0.2) is 0 Å². The molecule has 1 rings (SSSR count). The SMILES string of the molecule is NC(=O)NNc1cc(Cl)ccn1. The minimum Gasteiger partial charge on any atom is -0.350 e. The molecule has 1 aromatic rings. The molecule has 0 radical (unpaired) electrons. The van der Waals surface area contributed by atoms with E-state index in [1.165, 1.54) is 6.20 Å². The molecule has 0 spiro atoms. The number of hydrogen-bond donors (Lipinski definition) is 3. The van der Waals surface area contributed by atoms with Gasteiger partial charge >= 0.3 is 6.03 Å². The molecular weight excluding hydrogens is 180 g/mol. The van der Waals surface area contributed by atoms with Crippen LogP contribution in [0, 0.1) is 0 Å². The lowest BCUT2D eigenvalue weighted by Crippen LogP contribution is -2.34. The average molecular weight is 187 g/mol. The summed E-state index contributed by atoms with van der Waals surface area (Å²) in [4.78, 5) is 14.1. The summed E-state index contributed by atoms with van der Waals surface area (Å²) in [6.07, 6.45) is 1.51. The Labute approximate surface area is 73.9 Å². The minimum absolute atomic E-state index is 0.432. The van der Waals surface area contributed by atoms with Gasteiger partial charge < -0.3 is 5.73 Å². The Balaban J connectivity index is 2.57. The van der Waals surface area contributed by atoms with Crippen LogP contribution in [0.1, 0.15) is 0 Å². The van der Waals surface area contributed by atoms with Crippen molar-refractivity contribution in [3.63, 3.8) is 0 Å². The summed E-state index contributed by atoms with van der Waals surface area (Å²) in [6.45, 7) is 0. The van der Waals surface area contributed by atoms with Crippen molar-refractivity contribution in [3.8, 4) is 0 Å². The van der Waals surface area contributed by atoms with Crippen LogP contribution in [0.4, 0.5) is 10.6 Å². The lowest BCUT2D eigenvalue weighted by atomic mass is 10.5. The quantitative estimate of drug-likeness (QED) is 0.596. The molecule has 0 saturated carbocycles. The van der Waals surface area contributed by atoms with Crippen molar-refractivity contribution in [2.24, 2.45) is 5.73 Å². The molecule has 0 bridgehead atoms. The number of primary amides is 1. The number of halogens is 1. The topological polar surface area (TPSA) is 80.0 Å². The van der Waals surface area contributed by atoms with Gasteiger partial charge in [-0.25, -0.2) is 9.78 Å². The molecule has 12 heavy (non-hydrogen) atoms. The number of hydrazine groups is 1. The van der Waals surface area contributed by atoms with E-state index in [-0.39, 0.29) is 0 Å². The van der Waals surface area contributed by atoms with Gasteiger partial charge in [-0.2, -0.15) is 0 Å². The normalized spacial score (nSPS) is 9.08. The predicted molar refractivity (Wildman–Crippen MR) is 45.6 cm³/mol. The molecule has 1 aromatic heterocycles. The summed E-state index contributed by atoms with van der Waals surface area (Å²) in [7, 11) is 0. The summed E-state index contributed by atoms with van der Waals surface area (Å²) < 4.78 is 0. The number of nitrogens with zero attached hydrogens (tertiary/aromatic N) is 1. The zero-order valence-corrected chi connectivity index (χ0v) is 6.80. The third-order valence-corrected chi connectivity index (χ3v) is 1.27. The van der Waals surface area contributed by atoms with Crippen LogP contribution in [0.25, 0.3) is 0 Å². The second kappa shape index (κ2) is 3.77. The Morgan fingerprint density at radius 3 is 3.00 bits per heavy atom. The first-order valence-corrected chi connectivity index (χ1v) is 3.49. The van der Waals surface area contributed by atoms with Gasteiger partial charge in [-0.3, -0.25) is 10.9 Å². The summed E-state index contributed by atoms with van der Waals surface area (Å²) in [5, 5.41) is 0.527. The van der Waals surface area contributed by atoms with E-state index in [1.807, 2.05) is 0 Å². The van der Waals surface area contributed by atoms with E-state index in [4.69, 9.17) is 17.3 Å². The maximum absolute atomic E-state index is 10.2. The van der Waals surface area contributed by atoms with Gasteiger partial charge in [0.05, 0.1) is 0 Å². The van der Waals surface area contributed by atoms with Crippen molar-refractivity contribution in [2.45, 2.75) is 0 Å². The monoisotopic (exact) mass is 186 g/mol. The first-order valence-electron chi connectivity index (χ1n) is 3.11. The van der Waals surface area contributed by atoms with Gasteiger partial charge in [-0.05, 0) is 6.07 Å². The van der Waals surface area contributed by atoms with Gasteiger partial charge in [0.25, 0.3) is 0 Å². The smallest absolute Gasteiger partial charge is 0.330 e. The van der Waals surface area contributed by atoms with Crippen LogP contribution in [0.5, 0.6) is 0 Å². The third-order valence-electron chi connectivity index (χ3n) is 1.04. The van der Waals surface area contributed by atoms with E-state index in [9.17, 15) is 4.79 Å². The van der Waals surface area contributed by atoms with E-state index in [2.05, 4.69) is 15.8 Å². The molecule has 0 atom stereocenters. The number of carbonyl (C=O) groups excluding carboxylic acids is 1. The number of nitrogens with one attached hydrogen (secondary N) is 2. The van der Waals surface area contributed by atoms with Crippen molar-refractivity contribution in [3.05, 3.63) is 23.4 Å². The molecule has 0 unspecified atom stereocenters. The van der Waals surface area contributed by atoms with Crippen LogP contribution in [0.3, 0.4) is 0 Å². The van der Waals surface area contributed by atoms with Crippen molar-refractivity contribution in [1.29, 1.82) is 0 Å². The summed E-state index contributed by atoms with van der Waals surface area (Å²) >= 11 is 5.64. The molecule has 4 N–H and O–H groups in total. The second-order valence-corrected chi connectivity index (χ2v) is 2.41. The Kier molecular flexibility index (Phi) is 2.71. The van der Waals surface area contributed by atoms with Crippen LogP contribution in [0.15, 0.2) is 18.3 Å². The van der Waals surface area contributed by atoms with E-state index in [0.29, 0.717) is 10.8 Å². The highest BCUT2D eigenvalue weighted by Crippen LogP contribution is 2.10. The number of carbonyl (C=O) groups is 1. The number of hydrogen-bond acceptors (Lipinski definition) is 3. The second-order valence-electron chi connectivity index (χ2n) is 1.97. The number of urea groups is 1. The van der Waals surface area contributed by atoms with E-state index >= 15 is 0 Å². The molecule has 0 aromatic carbocycles. The maximum Gasteiger partial charge on any atom is 0.330 e. The van der Waals surface area contributed by atoms with Crippen LogP contribution in [0.2, 0.25) is 5.02 Å². The van der Waals surface area contributed by atoms with Gasteiger partial charge in [-0.15, -0.1) is 0 Å². The largest absolute Gasteiger partial charge is 0.350 e. The molecule has 0 saturated heterocycles. The maximum atomic E-state index is 10.2. The van der Waals surface area contributed by atoms with Crippen LogP contribution in [-0.4, -0.2) is 11.0 Å². The molecule has 0 fully saturated rings. The molecule has 0 aliphatic rings. The number of amides is 2. The zero-order valence-electron chi connectivity index (χ0n) is 6.04. The molecule has 0 aliphatic heterocycles. The standard InChI is InChI=1S/C6H7ClN4O/c7-4-1-2-9-5(3-4)10-11-6(8)12/h1-3H,(H,9,10)(H3,8,11,12). The van der Waals surface area contributed by atoms with Gasteiger partial charge in [0.2, 0.25) is 0 Å². The molecule has 6 heteroatoms. The van der Waals surface area contributed by atoms with E-state index in [0.717, 1.165) is 0 Å². The fraction of sp³-hybridized carbons (Fsp3) is 0.